The molecule has 1 heteroatoms. The Morgan fingerprint density at radius 1 is 1.05 bits per heavy atom. The van der Waals surface area contributed by atoms with Gasteiger partial charge in [-0.15, -0.1) is 0 Å². The maximum Gasteiger partial charge on any atom is 0.00788 e. The maximum absolute atomic E-state index is 3.88. The summed E-state index contributed by atoms with van der Waals surface area (Å²) in [5, 5.41) is 3.88. The number of benzene rings is 1. The molecule has 4 rings (SSSR count). The molecule has 0 spiro atoms. The first-order chi connectivity index (χ1) is 9.81. The third kappa shape index (κ3) is 2.65. The first-order valence-corrected chi connectivity index (χ1v) is 8.60. The van der Waals surface area contributed by atoms with Gasteiger partial charge in [0.05, 0.1) is 0 Å². The molecule has 1 nitrogen and oxygen atoms in total. The highest BCUT2D eigenvalue weighted by molar-refractivity contribution is 5.31. The number of rotatable bonds is 6. The molecule has 3 aliphatic carbocycles. The molecule has 3 saturated carbocycles. The second-order valence-corrected chi connectivity index (χ2v) is 7.47. The van der Waals surface area contributed by atoms with Crippen molar-refractivity contribution in [1.29, 1.82) is 0 Å². The van der Waals surface area contributed by atoms with Gasteiger partial charge in [0.15, 0.2) is 0 Å². The molecule has 0 saturated heterocycles. The smallest absolute Gasteiger partial charge is 0.00788 e. The molecule has 0 bridgehead atoms. The van der Waals surface area contributed by atoms with Crippen molar-refractivity contribution < 1.29 is 0 Å². The molecule has 0 aliphatic heterocycles. The summed E-state index contributed by atoms with van der Waals surface area (Å²) >= 11 is 0. The van der Waals surface area contributed by atoms with Gasteiger partial charge in [-0.25, -0.2) is 0 Å². The zero-order chi connectivity index (χ0) is 13.5. The molecule has 1 N–H and O–H groups in total. The maximum atomic E-state index is 3.88. The van der Waals surface area contributed by atoms with E-state index in [1.165, 1.54) is 50.6 Å². The molecule has 0 aromatic heterocycles. The van der Waals surface area contributed by atoms with E-state index >= 15 is 0 Å². The largest absolute Gasteiger partial charge is 0.314 e. The number of hydrogen-bond acceptors (Lipinski definition) is 1. The average Bonchev–Trinajstić information content (AvgIpc) is 3.25. The fourth-order valence-corrected chi connectivity index (χ4v) is 4.15. The second kappa shape index (κ2) is 5.18. The minimum atomic E-state index is 0.791. The number of aryl methyl sites for hydroxylation is 1. The van der Waals surface area contributed by atoms with E-state index in [0.29, 0.717) is 0 Å². The van der Waals surface area contributed by atoms with Gasteiger partial charge in [0.2, 0.25) is 0 Å². The minimum Gasteiger partial charge on any atom is -0.314 e. The van der Waals surface area contributed by atoms with E-state index in [9.17, 15) is 0 Å². The number of hydrogen-bond donors (Lipinski definition) is 1. The molecule has 0 heterocycles. The predicted molar refractivity (Wildman–Crippen MR) is 83.9 cm³/mol. The van der Waals surface area contributed by atoms with E-state index in [-0.39, 0.29) is 0 Å². The van der Waals surface area contributed by atoms with Gasteiger partial charge in [-0.05, 0) is 86.8 Å². The zero-order valence-electron chi connectivity index (χ0n) is 12.6. The molecule has 1 aromatic carbocycles. The van der Waals surface area contributed by atoms with E-state index < -0.39 is 0 Å². The van der Waals surface area contributed by atoms with Gasteiger partial charge < -0.3 is 5.32 Å². The monoisotopic (exact) mass is 269 g/mol. The van der Waals surface area contributed by atoms with Gasteiger partial charge in [0.25, 0.3) is 0 Å². The Morgan fingerprint density at radius 2 is 1.70 bits per heavy atom. The second-order valence-electron chi connectivity index (χ2n) is 7.47. The van der Waals surface area contributed by atoms with Gasteiger partial charge in [0, 0.05) is 6.04 Å². The lowest BCUT2D eigenvalue weighted by Gasteiger charge is -2.38. The van der Waals surface area contributed by atoms with Gasteiger partial charge in [-0.2, -0.15) is 0 Å². The fourth-order valence-electron chi connectivity index (χ4n) is 4.15. The van der Waals surface area contributed by atoms with E-state index in [2.05, 4.69) is 36.5 Å². The molecule has 3 aliphatic rings. The van der Waals surface area contributed by atoms with Gasteiger partial charge >= 0.3 is 0 Å². The van der Waals surface area contributed by atoms with Gasteiger partial charge in [-0.3, -0.25) is 0 Å². The predicted octanol–water partition coefficient (Wildman–Crippen LogP) is 4.27. The highest BCUT2D eigenvalue weighted by Gasteiger charge is 2.41. The molecule has 20 heavy (non-hydrogen) atoms. The molecule has 0 atom stereocenters. The summed E-state index contributed by atoms with van der Waals surface area (Å²) in [7, 11) is 0. The van der Waals surface area contributed by atoms with Crippen LogP contribution in [0, 0.1) is 24.7 Å². The molecule has 3 fully saturated rings. The van der Waals surface area contributed by atoms with Crippen molar-refractivity contribution in [2.24, 2.45) is 17.8 Å². The van der Waals surface area contributed by atoms with Crippen molar-refractivity contribution in [2.75, 3.05) is 6.54 Å². The van der Waals surface area contributed by atoms with E-state index in [1.54, 1.807) is 5.56 Å². The lowest BCUT2D eigenvalue weighted by molar-refractivity contribution is 0.259. The normalized spacial score (nSPS) is 29.5. The Bertz CT molecular complexity index is 454. The van der Waals surface area contributed by atoms with Crippen LogP contribution in [-0.2, 0) is 0 Å². The van der Waals surface area contributed by atoms with Crippen LogP contribution in [0.25, 0.3) is 0 Å². The van der Waals surface area contributed by atoms with Crippen LogP contribution in [0.15, 0.2) is 24.3 Å². The Kier molecular flexibility index (Phi) is 3.34. The van der Waals surface area contributed by atoms with Crippen molar-refractivity contribution >= 4 is 0 Å². The summed E-state index contributed by atoms with van der Waals surface area (Å²) < 4.78 is 0. The van der Waals surface area contributed by atoms with Crippen LogP contribution in [0.3, 0.4) is 0 Å². The topological polar surface area (TPSA) is 12.0 Å². The summed E-state index contributed by atoms with van der Waals surface area (Å²) in [6, 6.07) is 9.72. The Hall–Kier alpha value is -0.820. The van der Waals surface area contributed by atoms with E-state index in [0.717, 1.165) is 29.7 Å². The van der Waals surface area contributed by atoms with Crippen LogP contribution >= 0.6 is 0 Å². The molecule has 108 valence electrons. The molecule has 0 amide bonds. The third-order valence-electron chi connectivity index (χ3n) is 5.86. The summed E-state index contributed by atoms with van der Waals surface area (Å²) in [5.41, 5.74) is 3.07. The van der Waals surface area contributed by atoms with Crippen molar-refractivity contribution in [3.63, 3.8) is 0 Å². The van der Waals surface area contributed by atoms with Crippen molar-refractivity contribution in [1.82, 2.24) is 5.32 Å². The number of nitrogens with one attached hydrogen (secondary N) is 1. The van der Waals surface area contributed by atoms with Crippen LogP contribution in [0.4, 0.5) is 0 Å². The van der Waals surface area contributed by atoms with Gasteiger partial charge in [0.1, 0.15) is 0 Å². The third-order valence-corrected chi connectivity index (χ3v) is 5.86. The molecule has 0 unspecified atom stereocenters. The standard InChI is InChI=1S/C19H27N/c1-13-4-2-3-5-18(13)16-10-17(11-16)20-12-19(14-6-7-14)15-8-9-15/h2-5,14-17,19-20H,6-12H2,1H3. The van der Waals surface area contributed by atoms with Crippen LogP contribution in [0.2, 0.25) is 0 Å². The SMILES string of the molecule is Cc1ccccc1C1CC(NCC(C2CC2)C2CC2)C1. The minimum absolute atomic E-state index is 0.791. The fraction of sp³-hybridized carbons (Fsp3) is 0.684. The quantitative estimate of drug-likeness (QED) is 0.813. The first kappa shape index (κ1) is 12.9. The zero-order valence-corrected chi connectivity index (χ0v) is 12.6. The summed E-state index contributed by atoms with van der Waals surface area (Å²) in [4.78, 5) is 0. The Morgan fingerprint density at radius 3 is 2.30 bits per heavy atom. The Labute approximate surface area is 123 Å². The molecular weight excluding hydrogens is 242 g/mol. The Balaban J connectivity index is 1.26. The van der Waals surface area contributed by atoms with Crippen LogP contribution in [0.5, 0.6) is 0 Å². The van der Waals surface area contributed by atoms with Crippen LogP contribution in [0.1, 0.15) is 55.6 Å². The van der Waals surface area contributed by atoms with Crippen molar-refractivity contribution in [3.8, 4) is 0 Å². The molecule has 0 radical (unpaired) electrons. The van der Waals surface area contributed by atoms with Crippen LogP contribution in [-0.4, -0.2) is 12.6 Å². The van der Waals surface area contributed by atoms with Crippen molar-refractivity contribution in [3.05, 3.63) is 35.4 Å². The lowest BCUT2D eigenvalue weighted by Crippen LogP contribution is -2.43. The molecular formula is C19H27N. The van der Waals surface area contributed by atoms with Crippen molar-refractivity contribution in [2.45, 2.75) is 57.4 Å². The van der Waals surface area contributed by atoms with E-state index in [4.69, 9.17) is 0 Å². The summed E-state index contributed by atoms with van der Waals surface area (Å²) in [6.45, 7) is 3.56. The molecule has 1 aromatic rings. The lowest BCUT2D eigenvalue weighted by atomic mass is 9.74. The summed E-state index contributed by atoms with van der Waals surface area (Å²) in [5.74, 6) is 4.01. The van der Waals surface area contributed by atoms with Gasteiger partial charge in [-0.1, -0.05) is 24.3 Å². The first-order valence-electron chi connectivity index (χ1n) is 8.60. The van der Waals surface area contributed by atoms with E-state index in [1.807, 2.05) is 0 Å². The summed E-state index contributed by atoms with van der Waals surface area (Å²) in [6.07, 6.45) is 8.76. The average molecular weight is 269 g/mol. The van der Waals surface area contributed by atoms with Crippen LogP contribution < -0.4 is 5.32 Å². The highest BCUT2D eigenvalue weighted by atomic mass is 14.9. The highest BCUT2D eigenvalue weighted by Crippen LogP contribution is 2.49.